The summed E-state index contributed by atoms with van der Waals surface area (Å²) >= 11 is 0. The van der Waals surface area contributed by atoms with E-state index in [0.717, 1.165) is 18.2 Å². The summed E-state index contributed by atoms with van der Waals surface area (Å²) < 4.78 is 46.9. The van der Waals surface area contributed by atoms with Gasteiger partial charge in [-0.25, -0.2) is 4.39 Å². The van der Waals surface area contributed by atoms with Gasteiger partial charge in [0.1, 0.15) is 17.4 Å². The molecular formula is C18H20F3NO2. The van der Waals surface area contributed by atoms with Crippen molar-refractivity contribution in [2.45, 2.75) is 25.7 Å². The number of alkyl halides is 2. The minimum Gasteiger partial charge on any atom is -0.465 e. The van der Waals surface area contributed by atoms with E-state index in [4.69, 9.17) is 4.74 Å². The van der Waals surface area contributed by atoms with Gasteiger partial charge in [-0.3, -0.25) is 9.79 Å². The number of carbonyl (C=O) groups is 1. The Labute approximate surface area is 139 Å². The van der Waals surface area contributed by atoms with Crippen molar-refractivity contribution >= 4 is 17.4 Å². The first-order valence-electron chi connectivity index (χ1n) is 7.46. The Hall–Kier alpha value is -2.37. The third kappa shape index (κ3) is 5.37. The third-order valence-electron chi connectivity index (χ3n) is 3.16. The molecule has 130 valence electrons. The first kappa shape index (κ1) is 19.7. The van der Waals surface area contributed by atoms with Gasteiger partial charge in [-0.05, 0) is 37.6 Å². The Bertz CT molecular complexity index is 609. The first-order chi connectivity index (χ1) is 11.4. The average Bonchev–Trinajstić information content (AvgIpc) is 2.52. The zero-order valence-electron chi connectivity index (χ0n) is 13.5. The lowest BCUT2D eigenvalue weighted by Crippen LogP contribution is -2.39. The van der Waals surface area contributed by atoms with Crippen molar-refractivity contribution in [2.24, 2.45) is 10.9 Å². The summed E-state index contributed by atoms with van der Waals surface area (Å²) in [6.07, 6.45) is 1.67. The highest BCUT2D eigenvalue weighted by atomic mass is 19.3. The molecule has 0 spiro atoms. The number of hydrogen-bond donors (Lipinski definition) is 0. The van der Waals surface area contributed by atoms with Crippen LogP contribution in [0.3, 0.4) is 0 Å². The van der Waals surface area contributed by atoms with Crippen LogP contribution in [0.15, 0.2) is 54.6 Å². The molecule has 3 nitrogen and oxygen atoms in total. The van der Waals surface area contributed by atoms with Crippen LogP contribution in [-0.4, -0.2) is 24.2 Å². The number of nitrogens with zero attached hydrogens (tertiary/aromatic N) is 1. The van der Waals surface area contributed by atoms with Gasteiger partial charge >= 0.3 is 5.97 Å². The molecule has 6 heteroatoms. The van der Waals surface area contributed by atoms with Gasteiger partial charge in [-0.1, -0.05) is 12.2 Å². The summed E-state index contributed by atoms with van der Waals surface area (Å²) in [6.45, 7) is 8.45. The Morgan fingerprint density at radius 2 is 1.92 bits per heavy atom. The largest absolute Gasteiger partial charge is 0.465 e. The second kappa shape index (κ2) is 9.05. The number of ether oxygens (including phenoxy) is 1. The highest BCUT2D eigenvalue weighted by Crippen LogP contribution is 2.30. The molecule has 0 saturated heterocycles. The van der Waals surface area contributed by atoms with Gasteiger partial charge in [-0.2, -0.15) is 8.78 Å². The number of carbonyl (C=O) groups excluding carboxylic acids is 1. The average molecular weight is 339 g/mol. The summed E-state index contributed by atoms with van der Waals surface area (Å²) in [5.74, 6) is -5.98. The smallest absolute Gasteiger partial charge is 0.315 e. The maximum absolute atomic E-state index is 14.5. The summed E-state index contributed by atoms with van der Waals surface area (Å²) in [7, 11) is 0. The summed E-state index contributed by atoms with van der Waals surface area (Å²) in [5.41, 5.74) is -0.527. The van der Waals surface area contributed by atoms with Crippen molar-refractivity contribution in [2.75, 3.05) is 6.61 Å². The van der Waals surface area contributed by atoms with Gasteiger partial charge in [-0.15, -0.1) is 13.2 Å². The van der Waals surface area contributed by atoms with Crippen LogP contribution in [0.25, 0.3) is 0 Å². The normalized spacial score (nSPS) is 13.2. The van der Waals surface area contributed by atoms with Gasteiger partial charge < -0.3 is 4.74 Å². The zero-order chi connectivity index (χ0) is 18.2. The van der Waals surface area contributed by atoms with E-state index in [1.807, 2.05) is 0 Å². The van der Waals surface area contributed by atoms with Crippen LogP contribution in [0.1, 0.15) is 19.8 Å². The molecule has 0 fully saturated rings. The standard InChI is InChI=1S/C18H20F3NO2/c1-4-7-15(17(23)24-6-3)16(18(20,21)12-5-2)22-14-10-8-13(19)9-11-14/h4-5,8-11,15H,1-2,6-7,12H2,3H3. The van der Waals surface area contributed by atoms with Crippen LogP contribution >= 0.6 is 0 Å². The van der Waals surface area contributed by atoms with Crippen molar-refractivity contribution in [3.05, 3.63) is 55.4 Å². The molecule has 1 aromatic rings. The minimum absolute atomic E-state index is 0.0500. The van der Waals surface area contributed by atoms with Crippen LogP contribution in [0.5, 0.6) is 0 Å². The van der Waals surface area contributed by atoms with Crippen LogP contribution in [-0.2, 0) is 9.53 Å². The van der Waals surface area contributed by atoms with Gasteiger partial charge in [0, 0.05) is 6.42 Å². The second-order valence-corrected chi connectivity index (χ2v) is 5.00. The lowest BCUT2D eigenvalue weighted by Gasteiger charge is -2.23. The predicted molar refractivity (Wildman–Crippen MR) is 88.2 cm³/mol. The third-order valence-corrected chi connectivity index (χ3v) is 3.16. The summed E-state index contributed by atoms with van der Waals surface area (Å²) in [6, 6.07) is 4.73. The van der Waals surface area contributed by atoms with Crippen LogP contribution in [0.2, 0.25) is 0 Å². The lowest BCUT2D eigenvalue weighted by molar-refractivity contribution is -0.146. The Kier molecular flexibility index (Phi) is 7.42. The van der Waals surface area contributed by atoms with E-state index in [-0.39, 0.29) is 18.7 Å². The number of benzene rings is 1. The quantitative estimate of drug-likeness (QED) is 0.366. The molecule has 0 aliphatic heterocycles. The number of rotatable bonds is 9. The number of aliphatic imine (C=N–C) groups is 1. The fourth-order valence-electron chi connectivity index (χ4n) is 2.08. The lowest BCUT2D eigenvalue weighted by atomic mass is 9.92. The van der Waals surface area contributed by atoms with Crippen molar-refractivity contribution in [3.63, 3.8) is 0 Å². The van der Waals surface area contributed by atoms with Crippen LogP contribution < -0.4 is 0 Å². The van der Waals surface area contributed by atoms with E-state index in [1.54, 1.807) is 6.92 Å². The molecule has 0 heterocycles. The minimum atomic E-state index is -3.39. The number of halogens is 3. The van der Waals surface area contributed by atoms with E-state index in [0.29, 0.717) is 0 Å². The molecule has 1 unspecified atom stereocenters. The SMILES string of the molecule is C=CCC(C(=O)OCC)C(=Nc1ccc(F)cc1)C(F)(F)CC=C. The van der Waals surface area contributed by atoms with Crippen molar-refractivity contribution < 1.29 is 22.7 Å². The maximum atomic E-state index is 14.5. The predicted octanol–water partition coefficient (Wildman–Crippen LogP) is 4.87. The molecule has 0 amide bonds. The number of allylic oxidation sites excluding steroid dienone is 2. The van der Waals surface area contributed by atoms with E-state index >= 15 is 0 Å². The fraction of sp³-hybridized carbons (Fsp3) is 0.333. The Morgan fingerprint density at radius 1 is 1.29 bits per heavy atom. The van der Waals surface area contributed by atoms with Crippen molar-refractivity contribution in [3.8, 4) is 0 Å². The second-order valence-electron chi connectivity index (χ2n) is 5.00. The van der Waals surface area contributed by atoms with E-state index in [1.165, 1.54) is 18.2 Å². The first-order valence-corrected chi connectivity index (χ1v) is 7.46. The highest BCUT2D eigenvalue weighted by Gasteiger charge is 2.42. The monoisotopic (exact) mass is 339 g/mol. The molecule has 24 heavy (non-hydrogen) atoms. The molecule has 0 aromatic heterocycles. The van der Waals surface area contributed by atoms with Gasteiger partial charge in [0.15, 0.2) is 0 Å². The van der Waals surface area contributed by atoms with Gasteiger partial charge in [0.25, 0.3) is 5.92 Å². The molecular weight excluding hydrogens is 319 g/mol. The molecule has 0 N–H and O–H groups in total. The van der Waals surface area contributed by atoms with Gasteiger partial charge in [0.05, 0.1) is 12.3 Å². The zero-order valence-corrected chi connectivity index (χ0v) is 13.5. The Balaban J connectivity index is 3.38. The molecule has 1 atom stereocenters. The highest BCUT2D eigenvalue weighted by molar-refractivity contribution is 6.07. The molecule has 0 saturated carbocycles. The van der Waals surface area contributed by atoms with E-state index in [2.05, 4.69) is 18.2 Å². The van der Waals surface area contributed by atoms with E-state index in [9.17, 15) is 18.0 Å². The van der Waals surface area contributed by atoms with Gasteiger partial charge in [0.2, 0.25) is 0 Å². The topological polar surface area (TPSA) is 38.7 Å². The number of hydrogen-bond acceptors (Lipinski definition) is 3. The van der Waals surface area contributed by atoms with E-state index < -0.39 is 35.8 Å². The molecule has 1 rings (SSSR count). The fourth-order valence-corrected chi connectivity index (χ4v) is 2.08. The maximum Gasteiger partial charge on any atom is 0.315 e. The van der Waals surface area contributed by atoms with Crippen LogP contribution in [0, 0.1) is 11.7 Å². The Morgan fingerprint density at radius 3 is 2.42 bits per heavy atom. The molecule has 0 aliphatic rings. The molecule has 0 radical (unpaired) electrons. The van der Waals surface area contributed by atoms with Crippen LogP contribution in [0.4, 0.5) is 18.9 Å². The summed E-state index contributed by atoms with van der Waals surface area (Å²) in [4.78, 5) is 16.0. The number of esters is 1. The van der Waals surface area contributed by atoms with Crippen molar-refractivity contribution in [1.82, 2.24) is 0 Å². The molecule has 0 bridgehead atoms. The van der Waals surface area contributed by atoms with Crippen molar-refractivity contribution in [1.29, 1.82) is 0 Å². The molecule has 0 aliphatic carbocycles. The molecule has 1 aromatic carbocycles. The summed E-state index contributed by atoms with van der Waals surface area (Å²) in [5, 5.41) is 0.